The predicted molar refractivity (Wildman–Crippen MR) is 83.5 cm³/mol. The second kappa shape index (κ2) is 6.49. The maximum Gasteiger partial charge on any atom is 0.228 e. The Balaban J connectivity index is 2.10. The number of benzene rings is 1. The van der Waals surface area contributed by atoms with Crippen molar-refractivity contribution in [2.24, 2.45) is 0 Å². The van der Waals surface area contributed by atoms with E-state index in [1.807, 2.05) is 24.3 Å². The summed E-state index contributed by atoms with van der Waals surface area (Å²) >= 11 is 13.9. The van der Waals surface area contributed by atoms with Crippen LogP contribution in [0.15, 0.2) is 30.6 Å². The van der Waals surface area contributed by atoms with Crippen molar-refractivity contribution in [2.75, 3.05) is 5.32 Å². The van der Waals surface area contributed by atoms with Gasteiger partial charge in [0.2, 0.25) is 5.91 Å². The minimum atomic E-state index is -0.222. The Bertz CT molecular complexity index is 601. The first-order valence-electron chi connectivity index (χ1n) is 5.26. The second-order valence-corrected chi connectivity index (χ2v) is 5.65. The highest BCUT2D eigenvalue weighted by atomic mass is 127. The van der Waals surface area contributed by atoms with E-state index in [1.54, 1.807) is 0 Å². The molecule has 1 N–H and O–H groups in total. The molecule has 0 atom stereocenters. The summed E-state index contributed by atoms with van der Waals surface area (Å²) in [6, 6.07) is 7.67. The summed E-state index contributed by atoms with van der Waals surface area (Å²) in [5.74, 6) is -0.222. The lowest BCUT2D eigenvalue weighted by Gasteiger charge is -2.07. The van der Waals surface area contributed by atoms with Crippen LogP contribution in [-0.4, -0.2) is 15.9 Å². The molecular weight excluding hydrogens is 400 g/mol. The zero-order valence-electron chi connectivity index (χ0n) is 9.53. The molecule has 2 rings (SSSR count). The third-order valence-electron chi connectivity index (χ3n) is 2.27. The van der Waals surface area contributed by atoms with Gasteiger partial charge in [-0.05, 0) is 40.3 Å². The van der Waals surface area contributed by atoms with Gasteiger partial charge in [0.1, 0.15) is 12.0 Å². The van der Waals surface area contributed by atoms with Crippen LogP contribution in [0.5, 0.6) is 0 Å². The second-order valence-electron chi connectivity index (χ2n) is 3.69. The van der Waals surface area contributed by atoms with Crippen LogP contribution < -0.4 is 5.32 Å². The van der Waals surface area contributed by atoms with E-state index < -0.39 is 0 Å². The van der Waals surface area contributed by atoms with E-state index >= 15 is 0 Å². The van der Waals surface area contributed by atoms with Crippen LogP contribution in [0.1, 0.15) is 5.56 Å². The van der Waals surface area contributed by atoms with Crippen LogP contribution in [0, 0.1) is 3.57 Å². The quantitative estimate of drug-likeness (QED) is 0.625. The van der Waals surface area contributed by atoms with E-state index in [0.29, 0.717) is 0 Å². The van der Waals surface area contributed by atoms with E-state index in [9.17, 15) is 4.79 Å². The molecular formula is C12H8Cl2IN3O. The van der Waals surface area contributed by atoms with E-state index in [-0.39, 0.29) is 28.3 Å². The fraction of sp³-hybridized carbons (Fsp3) is 0.0833. The summed E-state index contributed by atoms with van der Waals surface area (Å²) in [6.07, 6.45) is 1.47. The van der Waals surface area contributed by atoms with Crippen LogP contribution in [0.3, 0.4) is 0 Å². The van der Waals surface area contributed by atoms with Crippen LogP contribution in [-0.2, 0) is 11.2 Å². The number of halogens is 3. The van der Waals surface area contributed by atoms with Crippen molar-refractivity contribution in [1.29, 1.82) is 0 Å². The molecule has 0 aliphatic rings. The summed E-state index contributed by atoms with van der Waals surface area (Å²) in [5.41, 5.74) is 1.15. The molecule has 0 bridgehead atoms. The van der Waals surface area contributed by atoms with Crippen LogP contribution in [0.2, 0.25) is 10.3 Å². The average molecular weight is 408 g/mol. The lowest BCUT2D eigenvalue weighted by atomic mass is 10.1. The number of nitrogens with zero attached hydrogens (tertiary/aromatic N) is 2. The summed E-state index contributed by atoms with van der Waals surface area (Å²) < 4.78 is 1.07. The van der Waals surface area contributed by atoms with Crippen LogP contribution in [0.4, 0.5) is 5.69 Å². The van der Waals surface area contributed by atoms with Crippen molar-refractivity contribution < 1.29 is 4.79 Å². The fourth-order valence-electron chi connectivity index (χ4n) is 1.46. The van der Waals surface area contributed by atoms with Crippen molar-refractivity contribution >= 4 is 57.4 Å². The van der Waals surface area contributed by atoms with Gasteiger partial charge in [-0.1, -0.05) is 35.3 Å². The van der Waals surface area contributed by atoms with Gasteiger partial charge in [-0.15, -0.1) is 0 Å². The first-order chi connectivity index (χ1) is 9.06. The molecule has 0 fully saturated rings. The lowest BCUT2D eigenvalue weighted by molar-refractivity contribution is -0.115. The number of hydrogen-bond donors (Lipinski definition) is 1. The van der Waals surface area contributed by atoms with Crippen molar-refractivity contribution in [3.63, 3.8) is 0 Å². The number of amides is 1. The average Bonchev–Trinajstić information content (AvgIpc) is 2.34. The fourth-order valence-corrected chi connectivity index (χ4v) is 2.48. The molecule has 0 saturated carbocycles. The first kappa shape index (κ1) is 14.5. The normalized spacial score (nSPS) is 10.3. The predicted octanol–water partition coefficient (Wildman–Crippen LogP) is 3.57. The molecule has 0 aliphatic carbocycles. The summed E-state index contributed by atoms with van der Waals surface area (Å²) in [5, 5.41) is 2.86. The molecule has 0 spiro atoms. The molecule has 0 radical (unpaired) electrons. The topological polar surface area (TPSA) is 54.9 Å². The molecule has 4 nitrogen and oxygen atoms in total. The minimum Gasteiger partial charge on any atom is -0.321 e. The Morgan fingerprint density at radius 2 is 1.95 bits per heavy atom. The Morgan fingerprint density at radius 3 is 2.58 bits per heavy atom. The SMILES string of the molecule is O=C(Cc1cccc(I)c1)Nc1c(Cl)ncnc1Cl. The van der Waals surface area contributed by atoms with Gasteiger partial charge in [-0.25, -0.2) is 9.97 Å². The Morgan fingerprint density at radius 1 is 1.26 bits per heavy atom. The molecule has 7 heteroatoms. The maximum atomic E-state index is 11.9. The van der Waals surface area contributed by atoms with Crippen molar-refractivity contribution in [1.82, 2.24) is 9.97 Å². The highest BCUT2D eigenvalue weighted by Crippen LogP contribution is 2.25. The maximum absolute atomic E-state index is 11.9. The standard InChI is InChI=1S/C12H8Cl2IN3O/c13-11-10(12(14)17-6-16-11)18-9(19)5-7-2-1-3-8(15)4-7/h1-4,6H,5H2,(H,18,19). The van der Waals surface area contributed by atoms with Gasteiger partial charge in [0, 0.05) is 3.57 Å². The minimum absolute atomic E-state index is 0.121. The molecule has 1 aromatic heterocycles. The highest BCUT2D eigenvalue weighted by molar-refractivity contribution is 14.1. The van der Waals surface area contributed by atoms with E-state index in [4.69, 9.17) is 23.2 Å². The Labute approximate surface area is 133 Å². The molecule has 0 unspecified atom stereocenters. The van der Waals surface area contributed by atoms with Crippen molar-refractivity contribution in [3.8, 4) is 0 Å². The highest BCUT2D eigenvalue weighted by Gasteiger charge is 2.12. The van der Waals surface area contributed by atoms with E-state index in [1.165, 1.54) is 6.33 Å². The number of carbonyl (C=O) groups is 1. The van der Waals surface area contributed by atoms with Gasteiger partial charge < -0.3 is 5.32 Å². The zero-order chi connectivity index (χ0) is 13.8. The van der Waals surface area contributed by atoms with Gasteiger partial charge in [0.25, 0.3) is 0 Å². The number of anilines is 1. The van der Waals surface area contributed by atoms with Crippen LogP contribution in [0.25, 0.3) is 0 Å². The molecule has 1 heterocycles. The monoisotopic (exact) mass is 407 g/mol. The van der Waals surface area contributed by atoms with Gasteiger partial charge >= 0.3 is 0 Å². The lowest BCUT2D eigenvalue weighted by Crippen LogP contribution is -2.15. The largest absolute Gasteiger partial charge is 0.321 e. The smallest absolute Gasteiger partial charge is 0.228 e. The van der Waals surface area contributed by atoms with E-state index in [0.717, 1.165) is 9.13 Å². The molecule has 1 amide bonds. The number of hydrogen-bond acceptors (Lipinski definition) is 3. The zero-order valence-corrected chi connectivity index (χ0v) is 13.2. The molecule has 0 saturated heterocycles. The molecule has 2 aromatic rings. The van der Waals surface area contributed by atoms with Gasteiger partial charge in [-0.2, -0.15) is 0 Å². The molecule has 19 heavy (non-hydrogen) atoms. The Hall–Kier alpha value is -0.920. The van der Waals surface area contributed by atoms with Crippen molar-refractivity contribution in [3.05, 3.63) is 50.0 Å². The number of carbonyl (C=O) groups excluding carboxylic acids is 1. The first-order valence-corrected chi connectivity index (χ1v) is 7.10. The summed E-state index contributed by atoms with van der Waals surface area (Å²) in [6.45, 7) is 0. The number of nitrogens with one attached hydrogen (secondary N) is 1. The van der Waals surface area contributed by atoms with E-state index in [2.05, 4.69) is 37.9 Å². The van der Waals surface area contributed by atoms with Gasteiger partial charge in [0.15, 0.2) is 10.3 Å². The van der Waals surface area contributed by atoms with Crippen molar-refractivity contribution in [2.45, 2.75) is 6.42 Å². The molecule has 0 aliphatic heterocycles. The Kier molecular flexibility index (Phi) is 4.95. The summed E-state index contributed by atoms with van der Waals surface area (Å²) in [4.78, 5) is 19.4. The van der Waals surface area contributed by atoms with Gasteiger partial charge in [-0.3, -0.25) is 4.79 Å². The molecule has 1 aromatic carbocycles. The van der Waals surface area contributed by atoms with Gasteiger partial charge in [0.05, 0.1) is 6.42 Å². The van der Waals surface area contributed by atoms with Crippen LogP contribution >= 0.6 is 45.8 Å². The molecule has 98 valence electrons. The summed E-state index contributed by atoms with van der Waals surface area (Å²) in [7, 11) is 0. The third-order valence-corrected chi connectivity index (χ3v) is 3.52. The number of rotatable bonds is 3. The number of aromatic nitrogens is 2. The third kappa shape index (κ3) is 4.02.